The Morgan fingerprint density at radius 3 is 2.86 bits per heavy atom. The Bertz CT molecular complexity index is 416. The van der Waals surface area contributed by atoms with E-state index < -0.39 is 0 Å². The molecular weight excluding hydrogens is 180 g/mol. The van der Waals surface area contributed by atoms with Crippen LogP contribution in [0.15, 0.2) is 16.8 Å². The van der Waals surface area contributed by atoms with Crippen molar-refractivity contribution in [1.82, 2.24) is 15.4 Å². The molecule has 0 fully saturated rings. The number of nitrogens with zero attached hydrogens (tertiary/aromatic N) is 2. The van der Waals surface area contributed by atoms with Crippen molar-refractivity contribution < 1.29 is 4.52 Å². The van der Waals surface area contributed by atoms with Crippen molar-refractivity contribution in [2.75, 3.05) is 5.73 Å². The van der Waals surface area contributed by atoms with Gasteiger partial charge in [-0.25, -0.2) is 0 Å². The number of H-pyrrole nitrogens is 1. The van der Waals surface area contributed by atoms with Gasteiger partial charge in [0.15, 0.2) is 11.6 Å². The third-order valence-electron chi connectivity index (χ3n) is 2.08. The van der Waals surface area contributed by atoms with E-state index in [4.69, 9.17) is 10.3 Å². The first kappa shape index (κ1) is 8.80. The Labute approximate surface area is 81.3 Å². The zero-order valence-corrected chi connectivity index (χ0v) is 8.11. The minimum atomic E-state index is 0.277. The van der Waals surface area contributed by atoms with E-state index in [1.54, 1.807) is 6.20 Å². The highest BCUT2D eigenvalue weighted by atomic mass is 16.5. The molecule has 5 heteroatoms. The van der Waals surface area contributed by atoms with Crippen LogP contribution in [0.3, 0.4) is 0 Å². The molecule has 0 aliphatic rings. The van der Waals surface area contributed by atoms with Crippen LogP contribution in [-0.4, -0.2) is 15.4 Å². The maximum absolute atomic E-state index is 5.71. The molecule has 0 amide bonds. The summed E-state index contributed by atoms with van der Waals surface area (Å²) in [5, 5.41) is 10.4. The molecule has 2 aromatic heterocycles. The Hall–Kier alpha value is -1.78. The summed E-state index contributed by atoms with van der Waals surface area (Å²) in [6, 6.07) is 1.83. The molecule has 3 N–H and O–H groups in total. The highest BCUT2D eigenvalue weighted by Crippen LogP contribution is 2.31. The number of nitrogens with one attached hydrogen (secondary N) is 1. The molecule has 14 heavy (non-hydrogen) atoms. The van der Waals surface area contributed by atoms with Crippen molar-refractivity contribution in [3.05, 3.63) is 17.8 Å². The molecule has 0 saturated carbocycles. The van der Waals surface area contributed by atoms with Crippen LogP contribution in [0.2, 0.25) is 0 Å². The lowest BCUT2D eigenvalue weighted by molar-refractivity contribution is 0.433. The van der Waals surface area contributed by atoms with Gasteiger partial charge in [0.2, 0.25) is 0 Å². The Morgan fingerprint density at radius 2 is 2.29 bits per heavy atom. The van der Waals surface area contributed by atoms with E-state index in [0.29, 0.717) is 11.6 Å². The molecule has 2 rings (SSSR count). The average molecular weight is 192 g/mol. The lowest BCUT2D eigenvalue weighted by Crippen LogP contribution is -1.95. The monoisotopic (exact) mass is 192 g/mol. The summed E-state index contributed by atoms with van der Waals surface area (Å²) in [4.78, 5) is 0. The van der Waals surface area contributed by atoms with Gasteiger partial charge in [-0.3, -0.25) is 5.10 Å². The van der Waals surface area contributed by atoms with Crippen molar-refractivity contribution in [1.29, 1.82) is 0 Å². The molecule has 0 saturated heterocycles. The van der Waals surface area contributed by atoms with Gasteiger partial charge >= 0.3 is 0 Å². The number of rotatable bonds is 2. The maximum Gasteiger partial charge on any atom is 0.190 e. The first-order valence-corrected chi connectivity index (χ1v) is 4.45. The summed E-state index contributed by atoms with van der Waals surface area (Å²) in [5.41, 5.74) is 7.44. The third kappa shape index (κ3) is 1.26. The molecule has 74 valence electrons. The second-order valence-electron chi connectivity index (χ2n) is 3.44. The zero-order chi connectivity index (χ0) is 10.1. The summed E-state index contributed by atoms with van der Waals surface area (Å²) in [6.07, 6.45) is 1.66. The van der Waals surface area contributed by atoms with Gasteiger partial charge < -0.3 is 10.3 Å². The quantitative estimate of drug-likeness (QED) is 0.759. The van der Waals surface area contributed by atoms with E-state index in [2.05, 4.69) is 15.4 Å². The number of aromatic amines is 1. The van der Waals surface area contributed by atoms with E-state index in [1.165, 1.54) is 0 Å². The summed E-state index contributed by atoms with van der Waals surface area (Å²) in [7, 11) is 0. The fraction of sp³-hybridized carbons (Fsp3) is 0.333. The Morgan fingerprint density at radius 1 is 1.50 bits per heavy atom. The standard InChI is InChI=1S/C9H12N4O/c1-5(2)7-8(14-13-9(7)10)6-3-4-11-12-6/h3-5H,1-2H3,(H2,10,13)(H,11,12). The van der Waals surface area contributed by atoms with Crippen LogP contribution in [0.1, 0.15) is 25.3 Å². The predicted molar refractivity (Wildman–Crippen MR) is 52.6 cm³/mol. The van der Waals surface area contributed by atoms with Gasteiger partial charge in [0.05, 0.1) is 0 Å². The molecule has 0 spiro atoms. The van der Waals surface area contributed by atoms with E-state index in [-0.39, 0.29) is 5.92 Å². The smallest absolute Gasteiger partial charge is 0.190 e. The van der Waals surface area contributed by atoms with Gasteiger partial charge in [-0.15, -0.1) is 0 Å². The molecule has 0 atom stereocenters. The number of nitrogen functional groups attached to an aromatic ring is 1. The van der Waals surface area contributed by atoms with Crippen LogP contribution in [-0.2, 0) is 0 Å². The van der Waals surface area contributed by atoms with E-state index in [1.807, 2.05) is 19.9 Å². The molecule has 0 aliphatic heterocycles. The van der Waals surface area contributed by atoms with Crippen molar-refractivity contribution in [2.24, 2.45) is 0 Å². The van der Waals surface area contributed by atoms with E-state index >= 15 is 0 Å². The summed E-state index contributed by atoms with van der Waals surface area (Å²) in [5.74, 6) is 1.40. The van der Waals surface area contributed by atoms with Crippen LogP contribution in [0.5, 0.6) is 0 Å². The number of hydrogen-bond acceptors (Lipinski definition) is 4. The summed E-state index contributed by atoms with van der Waals surface area (Å²) < 4.78 is 5.15. The summed E-state index contributed by atoms with van der Waals surface area (Å²) in [6.45, 7) is 4.09. The lowest BCUT2D eigenvalue weighted by Gasteiger charge is -2.02. The van der Waals surface area contributed by atoms with Crippen LogP contribution in [0.25, 0.3) is 11.5 Å². The van der Waals surface area contributed by atoms with Crippen LogP contribution < -0.4 is 5.73 Å². The summed E-state index contributed by atoms with van der Waals surface area (Å²) >= 11 is 0. The minimum absolute atomic E-state index is 0.277. The normalized spacial score (nSPS) is 11.1. The molecule has 0 aliphatic carbocycles. The zero-order valence-electron chi connectivity index (χ0n) is 8.11. The van der Waals surface area contributed by atoms with Crippen LogP contribution >= 0.6 is 0 Å². The molecule has 2 aromatic rings. The predicted octanol–water partition coefficient (Wildman–Crippen LogP) is 1.77. The highest BCUT2D eigenvalue weighted by molar-refractivity contribution is 5.63. The second kappa shape index (κ2) is 3.17. The van der Waals surface area contributed by atoms with Crippen LogP contribution in [0, 0.1) is 0 Å². The van der Waals surface area contributed by atoms with Crippen molar-refractivity contribution >= 4 is 5.82 Å². The van der Waals surface area contributed by atoms with Gasteiger partial charge in [-0.1, -0.05) is 19.0 Å². The Kier molecular flexibility index (Phi) is 1.99. The topological polar surface area (TPSA) is 80.7 Å². The van der Waals surface area contributed by atoms with Gasteiger partial charge in [0, 0.05) is 11.8 Å². The fourth-order valence-corrected chi connectivity index (χ4v) is 1.44. The van der Waals surface area contributed by atoms with E-state index in [9.17, 15) is 0 Å². The second-order valence-corrected chi connectivity index (χ2v) is 3.44. The average Bonchev–Trinajstić information content (AvgIpc) is 2.70. The van der Waals surface area contributed by atoms with Crippen molar-refractivity contribution in [3.8, 4) is 11.5 Å². The van der Waals surface area contributed by atoms with Crippen molar-refractivity contribution in [3.63, 3.8) is 0 Å². The molecule has 0 bridgehead atoms. The molecule has 0 unspecified atom stereocenters. The number of hydrogen-bond donors (Lipinski definition) is 2. The number of aromatic nitrogens is 3. The molecular formula is C9H12N4O. The first-order valence-electron chi connectivity index (χ1n) is 4.45. The van der Waals surface area contributed by atoms with Gasteiger partial charge in [-0.2, -0.15) is 5.10 Å². The first-order chi connectivity index (χ1) is 6.70. The van der Waals surface area contributed by atoms with Crippen molar-refractivity contribution in [2.45, 2.75) is 19.8 Å². The minimum Gasteiger partial charge on any atom is -0.381 e. The molecule has 2 heterocycles. The third-order valence-corrected chi connectivity index (χ3v) is 2.08. The SMILES string of the molecule is CC(C)c1c(N)noc1-c1ccn[nH]1. The fourth-order valence-electron chi connectivity index (χ4n) is 1.44. The number of anilines is 1. The largest absolute Gasteiger partial charge is 0.381 e. The number of nitrogens with two attached hydrogens (primary N) is 1. The van der Waals surface area contributed by atoms with Gasteiger partial charge in [0.25, 0.3) is 0 Å². The Balaban J connectivity index is 2.54. The molecule has 0 radical (unpaired) electrons. The molecule has 0 aromatic carbocycles. The highest BCUT2D eigenvalue weighted by Gasteiger charge is 2.18. The maximum atomic E-state index is 5.71. The van der Waals surface area contributed by atoms with Gasteiger partial charge in [-0.05, 0) is 12.0 Å². The lowest BCUT2D eigenvalue weighted by atomic mass is 10.0. The van der Waals surface area contributed by atoms with Gasteiger partial charge in [0.1, 0.15) is 5.69 Å². The molecule has 5 nitrogen and oxygen atoms in total. The van der Waals surface area contributed by atoms with Crippen LogP contribution in [0.4, 0.5) is 5.82 Å². The van der Waals surface area contributed by atoms with E-state index in [0.717, 1.165) is 11.3 Å².